The smallest absolute Gasteiger partial charge is 0.222 e. The SMILES string of the molecule is CC(C)C(=O)NCC1CCCN(C(=O)CCC2CCNCC2)C1.Cl. The van der Waals surface area contributed by atoms with Gasteiger partial charge in [-0.1, -0.05) is 13.8 Å². The lowest BCUT2D eigenvalue weighted by Gasteiger charge is -2.33. The van der Waals surface area contributed by atoms with Crippen LogP contribution in [0.1, 0.15) is 52.4 Å². The lowest BCUT2D eigenvalue weighted by Crippen LogP contribution is -2.44. The van der Waals surface area contributed by atoms with E-state index in [-0.39, 0.29) is 24.2 Å². The van der Waals surface area contributed by atoms with Crippen LogP contribution in [0.2, 0.25) is 0 Å². The first kappa shape index (κ1) is 21.2. The third kappa shape index (κ3) is 6.98. The van der Waals surface area contributed by atoms with Crippen LogP contribution in [0.15, 0.2) is 0 Å². The van der Waals surface area contributed by atoms with E-state index in [4.69, 9.17) is 0 Å². The summed E-state index contributed by atoms with van der Waals surface area (Å²) in [7, 11) is 0. The van der Waals surface area contributed by atoms with Crippen LogP contribution in [0.5, 0.6) is 0 Å². The van der Waals surface area contributed by atoms with Crippen LogP contribution < -0.4 is 10.6 Å². The Kier molecular flexibility index (Phi) is 9.67. The summed E-state index contributed by atoms with van der Waals surface area (Å²) in [5, 5.41) is 6.38. The molecule has 2 fully saturated rings. The molecule has 6 heteroatoms. The lowest BCUT2D eigenvalue weighted by atomic mass is 9.92. The zero-order chi connectivity index (χ0) is 16.7. The number of hydrogen-bond acceptors (Lipinski definition) is 3. The predicted octanol–water partition coefficient (Wildman–Crippen LogP) is 2.20. The number of carbonyl (C=O) groups excluding carboxylic acids is 2. The fourth-order valence-corrected chi connectivity index (χ4v) is 3.56. The molecule has 2 N–H and O–H groups in total. The van der Waals surface area contributed by atoms with Gasteiger partial charge in [-0.15, -0.1) is 12.4 Å². The number of halogens is 1. The maximum absolute atomic E-state index is 12.5. The Morgan fingerprint density at radius 2 is 1.88 bits per heavy atom. The van der Waals surface area contributed by atoms with Gasteiger partial charge in [0.15, 0.2) is 0 Å². The minimum atomic E-state index is 0. The van der Waals surface area contributed by atoms with E-state index < -0.39 is 0 Å². The van der Waals surface area contributed by atoms with Crippen molar-refractivity contribution in [2.75, 3.05) is 32.7 Å². The first-order valence-electron chi connectivity index (χ1n) is 9.32. The molecule has 24 heavy (non-hydrogen) atoms. The summed E-state index contributed by atoms with van der Waals surface area (Å²) in [4.78, 5) is 26.2. The molecule has 5 nitrogen and oxygen atoms in total. The molecule has 140 valence electrons. The summed E-state index contributed by atoms with van der Waals surface area (Å²) in [6.45, 7) is 8.41. The van der Waals surface area contributed by atoms with Crippen LogP contribution in [0.25, 0.3) is 0 Å². The van der Waals surface area contributed by atoms with Crippen LogP contribution >= 0.6 is 12.4 Å². The number of hydrogen-bond donors (Lipinski definition) is 2. The van der Waals surface area contributed by atoms with E-state index in [0.29, 0.717) is 30.7 Å². The highest BCUT2D eigenvalue weighted by Crippen LogP contribution is 2.21. The Morgan fingerprint density at radius 1 is 1.17 bits per heavy atom. The Bertz CT molecular complexity index is 398. The van der Waals surface area contributed by atoms with Gasteiger partial charge in [-0.2, -0.15) is 0 Å². The quantitative estimate of drug-likeness (QED) is 0.764. The van der Waals surface area contributed by atoms with Gasteiger partial charge in [-0.05, 0) is 57.0 Å². The van der Waals surface area contributed by atoms with Crippen molar-refractivity contribution in [3.8, 4) is 0 Å². The van der Waals surface area contributed by atoms with Gasteiger partial charge < -0.3 is 15.5 Å². The van der Waals surface area contributed by atoms with Crippen molar-refractivity contribution in [3.63, 3.8) is 0 Å². The van der Waals surface area contributed by atoms with E-state index in [0.717, 1.165) is 45.4 Å². The number of rotatable bonds is 6. The topological polar surface area (TPSA) is 61.4 Å². The summed E-state index contributed by atoms with van der Waals surface area (Å²) < 4.78 is 0. The standard InChI is InChI=1S/C18H33N3O2.ClH/c1-14(2)18(23)20-12-16-4-3-11-21(13-16)17(22)6-5-15-7-9-19-10-8-15;/h14-16,19H,3-13H2,1-2H3,(H,20,23);1H. The maximum atomic E-state index is 12.5. The van der Waals surface area contributed by atoms with E-state index in [9.17, 15) is 9.59 Å². The maximum Gasteiger partial charge on any atom is 0.222 e. The molecule has 1 unspecified atom stereocenters. The minimum absolute atomic E-state index is 0. The highest BCUT2D eigenvalue weighted by molar-refractivity contribution is 5.85. The average Bonchev–Trinajstić information content (AvgIpc) is 2.58. The first-order chi connectivity index (χ1) is 11.1. The second-order valence-electron chi connectivity index (χ2n) is 7.48. The van der Waals surface area contributed by atoms with E-state index in [1.807, 2.05) is 18.7 Å². The van der Waals surface area contributed by atoms with Crippen molar-refractivity contribution in [3.05, 3.63) is 0 Å². The number of likely N-dealkylation sites (tertiary alicyclic amines) is 1. The van der Waals surface area contributed by atoms with Crippen molar-refractivity contribution in [2.45, 2.75) is 52.4 Å². The minimum Gasteiger partial charge on any atom is -0.356 e. The third-order valence-corrected chi connectivity index (χ3v) is 5.19. The monoisotopic (exact) mass is 359 g/mol. The van der Waals surface area contributed by atoms with E-state index >= 15 is 0 Å². The predicted molar refractivity (Wildman–Crippen MR) is 99.2 cm³/mol. The van der Waals surface area contributed by atoms with Crippen LogP contribution in [-0.2, 0) is 9.59 Å². The second kappa shape index (κ2) is 10.9. The molecule has 2 rings (SSSR count). The van der Waals surface area contributed by atoms with Crippen LogP contribution in [-0.4, -0.2) is 49.4 Å². The molecule has 2 aliphatic rings. The molecule has 0 bridgehead atoms. The Morgan fingerprint density at radius 3 is 2.54 bits per heavy atom. The molecule has 0 radical (unpaired) electrons. The van der Waals surface area contributed by atoms with E-state index in [2.05, 4.69) is 10.6 Å². The van der Waals surface area contributed by atoms with Crippen molar-refractivity contribution in [1.82, 2.24) is 15.5 Å². The average molecular weight is 360 g/mol. The molecule has 0 spiro atoms. The normalized spacial score (nSPS) is 22.1. The highest BCUT2D eigenvalue weighted by atomic mass is 35.5. The largest absolute Gasteiger partial charge is 0.356 e. The number of piperidine rings is 2. The van der Waals surface area contributed by atoms with Gasteiger partial charge >= 0.3 is 0 Å². The lowest BCUT2D eigenvalue weighted by molar-refractivity contribution is -0.133. The Hall–Kier alpha value is -0.810. The van der Waals surface area contributed by atoms with E-state index in [1.54, 1.807) is 0 Å². The highest BCUT2D eigenvalue weighted by Gasteiger charge is 2.25. The van der Waals surface area contributed by atoms with Crippen LogP contribution in [0.4, 0.5) is 0 Å². The molecule has 0 aliphatic carbocycles. The molecule has 0 aromatic carbocycles. The molecule has 0 aromatic rings. The van der Waals surface area contributed by atoms with Gasteiger partial charge in [-0.3, -0.25) is 9.59 Å². The summed E-state index contributed by atoms with van der Waals surface area (Å²) in [6, 6.07) is 0. The molecular formula is C18H34ClN3O2. The summed E-state index contributed by atoms with van der Waals surface area (Å²) in [5.41, 5.74) is 0. The molecule has 2 amide bonds. The van der Waals surface area contributed by atoms with Gasteiger partial charge in [0.25, 0.3) is 0 Å². The fourth-order valence-electron chi connectivity index (χ4n) is 3.56. The van der Waals surface area contributed by atoms with Gasteiger partial charge in [0.1, 0.15) is 0 Å². The molecule has 0 saturated carbocycles. The zero-order valence-corrected chi connectivity index (χ0v) is 16.0. The van der Waals surface area contributed by atoms with Crippen LogP contribution in [0.3, 0.4) is 0 Å². The molecule has 1 atom stereocenters. The van der Waals surface area contributed by atoms with Gasteiger partial charge in [0.2, 0.25) is 11.8 Å². The molecular weight excluding hydrogens is 326 g/mol. The molecule has 0 aromatic heterocycles. The number of amides is 2. The molecule has 2 saturated heterocycles. The fraction of sp³-hybridized carbons (Fsp3) is 0.889. The number of carbonyl (C=O) groups is 2. The summed E-state index contributed by atoms with van der Waals surface area (Å²) >= 11 is 0. The van der Waals surface area contributed by atoms with Gasteiger partial charge in [0, 0.05) is 32.0 Å². The third-order valence-electron chi connectivity index (χ3n) is 5.19. The Labute approximate surface area is 152 Å². The van der Waals surface area contributed by atoms with Crippen molar-refractivity contribution < 1.29 is 9.59 Å². The molecule has 2 heterocycles. The van der Waals surface area contributed by atoms with Gasteiger partial charge in [0.05, 0.1) is 0 Å². The van der Waals surface area contributed by atoms with Crippen LogP contribution in [0, 0.1) is 17.8 Å². The van der Waals surface area contributed by atoms with E-state index in [1.165, 1.54) is 12.8 Å². The second-order valence-corrected chi connectivity index (χ2v) is 7.48. The molecule has 2 aliphatic heterocycles. The van der Waals surface area contributed by atoms with Crippen molar-refractivity contribution >= 4 is 24.2 Å². The number of nitrogens with one attached hydrogen (secondary N) is 2. The zero-order valence-electron chi connectivity index (χ0n) is 15.2. The van der Waals surface area contributed by atoms with Gasteiger partial charge in [-0.25, -0.2) is 0 Å². The summed E-state index contributed by atoms with van der Waals surface area (Å²) in [5.74, 6) is 1.57. The number of nitrogens with zero attached hydrogens (tertiary/aromatic N) is 1. The van der Waals surface area contributed by atoms with Crippen molar-refractivity contribution in [1.29, 1.82) is 0 Å². The van der Waals surface area contributed by atoms with Crippen molar-refractivity contribution in [2.24, 2.45) is 17.8 Å². The Balaban J connectivity index is 0.00000288. The first-order valence-corrected chi connectivity index (χ1v) is 9.32. The summed E-state index contributed by atoms with van der Waals surface area (Å²) in [6.07, 6.45) is 6.30.